The third-order valence-electron chi connectivity index (χ3n) is 3.49. The highest BCUT2D eigenvalue weighted by Crippen LogP contribution is 2.34. The van der Waals surface area contributed by atoms with E-state index in [-0.39, 0.29) is 5.92 Å². The number of hydrogen-bond donors (Lipinski definition) is 2. The van der Waals surface area contributed by atoms with Crippen molar-refractivity contribution in [1.82, 2.24) is 5.32 Å². The van der Waals surface area contributed by atoms with Crippen LogP contribution in [-0.2, 0) is 0 Å². The van der Waals surface area contributed by atoms with Crippen molar-refractivity contribution in [3.05, 3.63) is 23.8 Å². The molecule has 0 heterocycles. The molecule has 1 aromatic rings. The van der Waals surface area contributed by atoms with Crippen LogP contribution < -0.4 is 14.8 Å². The highest BCUT2D eigenvalue weighted by molar-refractivity contribution is 5.64. The van der Waals surface area contributed by atoms with Gasteiger partial charge in [0.05, 0.1) is 13.7 Å². The van der Waals surface area contributed by atoms with Gasteiger partial charge in [0.15, 0.2) is 11.5 Å². The van der Waals surface area contributed by atoms with Gasteiger partial charge in [-0.05, 0) is 42.4 Å². The smallest absolute Gasteiger partial charge is 0.404 e. The molecule has 5 nitrogen and oxygen atoms in total. The highest BCUT2D eigenvalue weighted by Gasteiger charge is 2.22. The lowest BCUT2D eigenvalue weighted by molar-refractivity contribution is 0.194. The van der Waals surface area contributed by atoms with Crippen molar-refractivity contribution in [2.45, 2.75) is 25.7 Å². The fourth-order valence-corrected chi connectivity index (χ4v) is 1.96. The largest absolute Gasteiger partial charge is 0.493 e. The van der Waals surface area contributed by atoms with Gasteiger partial charge in [-0.2, -0.15) is 0 Å². The Hall–Kier alpha value is -1.91. The molecule has 1 aliphatic rings. The molecule has 0 spiro atoms. The van der Waals surface area contributed by atoms with Crippen LogP contribution in [0.15, 0.2) is 18.2 Å². The zero-order valence-corrected chi connectivity index (χ0v) is 11.9. The van der Waals surface area contributed by atoms with Gasteiger partial charge in [-0.15, -0.1) is 0 Å². The zero-order chi connectivity index (χ0) is 14.5. The average Bonchev–Trinajstić information content (AvgIpc) is 3.26. The second kappa shape index (κ2) is 6.50. The number of nitrogens with one attached hydrogen (secondary N) is 1. The Morgan fingerprint density at radius 3 is 2.80 bits per heavy atom. The van der Waals surface area contributed by atoms with E-state index in [0.29, 0.717) is 18.2 Å². The van der Waals surface area contributed by atoms with Crippen molar-refractivity contribution >= 4 is 6.09 Å². The maximum atomic E-state index is 10.5. The topological polar surface area (TPSA) is 67.8 Å². The van der Waals surface area contributed by atoms with Crippen LogP contribution in [0.5, 0.6) is 11.5 Å². The monoisotopic (exact) mass is 279 g/mol. The van der Waals surface area contributed by atoms with Crippen LogP contribution in [-0.4, -0.2) is 31.5 Å². The predicted molar refractivity (Wildman–Crippen MR) is 75.7 cm³/mol. The second-order valence-electron chi connectivity index (χ2n) is 5.25. The molecule has 1 fully saturated rings. The summed E-state index contributed by atoms with van der Waals surface area (Å²) in [5.41, 5.74) is 1.03. The van der Waals surface area contributed by atoms with Gasteiger partial charge in [0.1, 0.15) is 0 Å². The Kier molecular flexibility index (Phi) is 4.71. The van der Waals surface area contributed by atoms with Gasteiger partial charge in [0.2, 0.25) is 0 Å². The van der Waals surface area contributed by atoms with Crippen LogP contribution in [0.25, 0.3) is 0 Å². The Labute approximate surface area is 118 Å². The predicted octanol–water partition coefficient (Wildman–Crippen LogP) is 2.86. The third-order valence-corrected chi connectivity index (χ3v) is 3.49. The van der Waals surface area contributed by atoms with Gasteiger partial charge in [0.25, 0.3) is 0 Å². The van der Waals surface area contributed by atoms with Crippen LogP contribution >= 0.6 is 0 Å². The van der Waals surface area contributed by atoms with E-state index in [9.17, 15) is 4.79 Å². The number of carboxylic acid groups (broad SMARTS) is 1. The molecule has 2 rings (SSSR count). The summed E-state index contributed by atoms with van der Waals surface area (Å²) >= 11 is 0. The molecule has 1 unspecified atom stereocenters. The van der Waals surface area contributed by atoms with Gasteiger partial charge in [0, 0.05) is 6.54 Å². The van der Waals surface area contributed by atoms with Crippen LogP contribution in [0.3, 0.4) is 0 Å². The highest BCUT2D eigenvalue weighted by atomic mass is 16.5. The van der Waals surface area contributed by atoms with Crippen molar-refractivity contribution in [1.29, 1.82) is 0 Å². The lowest BCUT2D eigenvalue weighted by atomic mass is 10.0. The second-order valence-corrected chi connectivity index (χ2v) is 5.25. The van der Waals surface area contributed by atoms with E-state index in [2.05, 4.69) is 5.32 Å². The first-order valence-corrected chi connectivity index (χ1v) is 6.87. The Bertz CT molecular complexity index is 471. The normalized spacial score (nSPS) is 15.5. The SMILES string of the molecule is COc1ccc(C(C)CNC(=O)O)cc1OCC1CC1. The Morgan fingerprint density at radius 1 is 1.45 bits per heavy atom. The molecule has 1 aromatic carbocycles. The van der Waals surface area contributed by atoms with Crippen LogP contribution in [0, 0.1) is 5.92 Å². The van der Waals surface area contributed by atoms with E-state index in [1.165, 1.54) is 12.8 Å². The Balaban J connectivity index is 2.04. The summed E-state index contributed by atoms with van der Waals surface area (Å²) in [6.07, 6.45) is 1.47. The number of benzene rings is 1. The van der Waals surface area contributed by atoms with Gasteiger partial charge >= 0.3 is 6.09 Å². The van der Waals surface area contributed by atoms with E-state index >= 15 is 0 Å². The van der Waals surface area contributed by atoms with Crippen LogP contribution in [0.4, 0.5) is 4.79 Å². The molecule has 5 heteroatoms. The summed E-state index contributed by atoms with van der Waals surface area (Å²) < 4.78 is 11.1. The fraction of sp³-hybridized carbons (Fsp3) is 0.533. The molecule has 1 saturated carbocycles. The summed E-state index contributed by atoms with van der Waals surface area (Å²) in [6.45, 7) is 3.08. The molecular weight excluding hydrogens is 258 g/mol. The van der Waals surface area contributed by atoms with Crippen LogP contribution in [0.1, 0.15) is 31.2 Å². The first kappa shape index (κ1) is 14.5. The van der Waals surface area contributed by atoms with Crippen molar-refractivity contribution in [3.8, 4) is 11.5 Å². The maximum absolute atomic E-state index is 10.5. The lowest BCUT2D eigenvalue weighted by Gasteiger charge is -2.16. The third kappa shape index (κ3) is 4.05. The molecular formula is C15H21NO4. The van der Waals surface area contributed by atoms with Gasteiger partial charge in [-0.1, -0.05) is 13.0 Å². The average molecular weight is 279 g/mol. The van der Waals surface area contributed by atoms with Crippen molar-refractivity contribution in [3.63, 3.8) is 0 Å². The van der Waals surface area contributed by atoms with Gasteiger partial charge in [-0.25, -0.2) is 4.79 Å². The standard InChI is InChI=1S/C15H21NO4/c1-10(8-16-15(17)18)12-5-6-13(19-2)14(7-12)20-9-11-3-4-11/h5-7,10-11,16H,3-4,8-9H2,1-2H3,(H,17,18). The summed E-state index contributed by atoms with van der Waals surface area (Å²) in [6, 6.07) is 5.75. The van der Waals surface area contributed by atoms with Crippen LogP contribution in [0.2, 0.25) is 0 Å². The number of ether oxygens (including phenoxy) is 2. The summed E-state index contributed by atoms with van der Waals surface area (Å²) in [4.78, 5) is 10.5. The molecule has 0 radical (unpaired) electrons. The molecule has 0 saturated heterocycles. The molecule has 0 aliphatic heterocycles. The molecule has 0 aromatic heterocycles. The van der Waals surface area contributed by atoms with E-state index in [4.69, 9.17) is 14.6 Å². The molecule has 2 N–H and O–H groups in total. The number of methoxy groups -OCH3 is 1. The van der Waals surface area contributed by atoms with Gasteiger partial charge in [-0.3, -0.25) is 0 Å². The van der Waals surface area contributed by atoms with Crippen molar-refractivity contribution in [2.24, 2.45) is 5.92 Å². The molecule has 110 valence electrons. The number of carbonyl (C=O) groups is 1. The minimum atomic E-state index is -1.00. The summed E-state index contributed by atoms with van der Waals surface area (Å²) in [5.74, 6) is 2.21. The lowest BCUT2D eigenvalue weighted by Crippen LogP contribution is -2.25. The van der Waals surface area contributed by atoms with Gasteiger partial charge < -0.3 is 19.9 Å². The van der Waals surface area contributed by atoms with Crippen molar-refractivity contribution in [2.75, 3.05) is 20.3 Å². The minimum Gasteiger partial charge on any atom is -0.493 e. The minimum absolute atomic E-state index is 0.0836. The van der Waals surface area contributed by atoms with Crippen molar-refractivity contribution < 1.29 is 19.4 Å². The first-order valence-electron chi connectivity index (χ1n) is 6.87. The number of hydrogen-bond acceptors (Lipinski definition) is 3. The molecule has 1 aliphatic carbocycles. The fourth-order valence-electron chi connectivity index (χ4n) is 1.96. The quantitative estimate of drug-likeness (QED) is 0.805. The van der Waals surface area contributed by atoms with E-state index < -0.39 is 6.09 Å². The maximum Gasteiger partial charge on any atom is 0.404 e. The first-order chi connectivity index (χ1) is 9.60. The van der Waals surface area contributed by atoms with E-state index in [1.54, 1.807) is 7.11 Å². The Morgan fingerprint density at radius 2 is 2.20 bits per heavy atom. The van der Waals surface area contributed by atoms with E-state index in [1.807, 2.05) is 25.1 Å². The zero-order valence-electron chi connectivity index (χ0n) is 11.9. The number of amides is 1. The molecule has 0 bridgehead atoms. The van der Waals surface area contributed by atoms with E-state index in [0.717, 1.165) is 17.9 Å². The molecule has 1 amide bonds. The molecule has 20 heavy (non-hydrogen) atoms. The number of rotatable bonds is 7. The molecule has 1 atom stereocenters. The summed E-state index contributed by atoms with van der Waals surface area (Å²) in [7, 11) is 1.62. The summed E-state index contributed by atoms with van der Waals surface area (Å²) in [5, 5.41) is 11.0.